The van der Waals surface area contributed by atoms with Crippen LogP contribution in [0.2, 0.25) is 0 Å². The molecule has 23 heavy (non-hydrogen) atoms. The van der Waals surface area contributed by atoms with Crippen LogP contribution in [0.4, 0.5) is 5.82 Å². The van der Waals surface area contributed by atoms with Gasteiger partial charge in [0.15, 0.2) is 0 Å². The van der Waals surface area contributed by atoms with E-state index in [2.05, 4.69) is 19.9 Å². The van der Waals surface area contributed by atoms with Gasteiger partial charge in [-0.05, 0) is 25.0 Å². The van der Waals surface area contributed by atoms with E-state index in [-0.39, 0.29) is 5.92 Å². The number of piperidine rings is 1. The monoisotopic (exact) mass is 312 g/mol. The highest BCUT2D eigenvalue weighted by Gasteiger charge is 2.25. The number of carbonyl (C=O) groups is 1. The smallest absolute Gasteiger partial charge is 0.306 e. The number of hydrogen-bond acceptors (Lipinski definition) is 5. The van der Waals surface area contributed by atoms with Crippen LogP contribution in [-0.4, -0.2) is 39.1 Å². The zero-order valence-electron chi connectivity index (χ0n) is 13.1. The minimum Gasteiger partial charge on any atom is -0.481 e. The quantitative estimate of drug-likeness (QED) is 0.934. The van der Waals surface area contributed by atoms with Gasteiger partial charge in [0.1, 0.15) is 11.6 Å². The predicted octanol–water partition coefficient (Wildman–Crippen LogP) is 2.40. The standard InChI is InChI=1S/C17H20N4O2/c1-2-15-19-14(13-5-3-4-8-18-13)11-16(20-15)21-9-6-12(7-10-21)17(22)23/h3-5,8,11-12H,2,6-7,9-10H2,1H3,(H,22,23). The molecule has 3 heterocycles. The fourth-order valence-corrected chi connectivity index (χ4v) is 2.80. The van der Waals surface area contributed by atoms with Crippen molar-refractivity contribution in [3.63, 3.8) is 0 Å². The lowest BCUT2D eigenvalue weighted by atomic mass is 9.97. The Bertz CT molecular complexity index is 682. The van der Waals surface area contributed by atoms with Crippen molar-refractivity contribution in [1.82, 2.24) is 15.0 Å². The molecule has 0 aromatic carbocycles. The first-order valence-corrected chi connectivity index (χ1v) is 7.94. The van der Waals surface area contributed by atoms with Crippen molar-refractivity contribution in [2.45, 2.75) is 26.2 Å². The fraction of sp³-hybridized carbons (Fsp3) is 0.412. The summed E-state index contributed by atoms with van der Waals surface area (Å²) in [6.45, 7) is 3.44. The van der Waals surface area contributed by atoms with Gasteiger partial charge < -0.3 is 10.0 Å². The Morgan fingerprint density at radius 1 is 1.26 bits per heavy atom. The van der Waals surface area contributed by atoms with Gasteiger partial charge in [-0.15, -0.1) is 0 Å². The van der Waals surface area contributed by atoms with Gasteiger partial charge in [0.05, 0.1) is 17.3 Å². The zero-order valence-corrected chi connectivity index (χ0v) is 13.1. The van der Waals surface area contributed by atoms with E-state index < -0.39 is 5.97 Å². The second kappa shape index (κ2) is 6.73. The Labute approximate surface area is 135 Å². The molecule has 0 bridgehead atoms. The van der Waals surface area contributed by atoms with Gasteiger partial charge in [0.2, 0.25) is 0 Å². The van der Waals surface area contributed by atoms with Crippen LogP contribution in [0.25, 0.3) is 11.4 Å². The number of nitrogens with zero attached hydrogens (tertiary/aromatic N) is 4. The van der Waals surface area contributed by atoms with E-state index in [0.29, 0.717) is 25.9 Å². The summed E-state index contributed by atoms with van der Waals surface area (Å²) in [5, 5.41) is 9.12. The van der Waals surface area contributed by atoms with Crippen LogP contribution in [0.1, 0.15) is 25.6 Å². The molecule has 0 unspecified atom stereocenters. The first-order valence-electron chi connectivity index (χ1n) is 7.94. The number of aliphatic carboxylic acids is 1. The lowest BCUT2D eigenvalue weighted by molar-refractivity contribution is -0.142. The van der Waals surface area contributed by atoms with Gasteiger partial charge in [-0.1, -0.05) is 13.0 Å². The molecule has 1 fully saturated rings. The normalized spacial score (nSPS) is 15.6. The molecule has 0 spiro atoms. The molecule has 3 rings (SSSR count). The Morgan fingerprint density at radius 2 is 2.04 bits per heavy atom. The molecule has 2 aromatic rings. The van der Waals surface area contributed by atoms with Gasteiger partial charge in [-0.2, -0.15) is 0 Å². The van der Waals surface area contributed by atoms with Crippen LogP contribution in [-0.2, 0) is 11.2 Å². The average molecular weight is 312 g/mol. The Balaban J connectivity index is 1.87. The second-order valence-corrected chi connectivity index (χ2v) is 5.70. The van der Waals surface area contributed by atoms with Crippen LogP contribution in [0.5, 0.6) is 0 Å². The third kappa shape index (κ3) is 3.47. The topological polar surface area (TPSA) is 79.2 Å². The molecule has 0 atom stereocenters. The number of carboxylic acids is 1. The highest BCUT2D eigenvalue weighted by Crippen LogP contribution is 2.25. The van der Waals surface area contributed by atoms with Crippen molar-refractivity contribution in [3.8, 4) is 11.4 Å². The Morgan fingerprint density at radius 3 is 2.65 bits per heavy atom. The summed E-state index contributed by atoms with van der Waals surface area (Å²) in [6, 6.07) is 7.70. The van der Waals surface area contributed by atoms with Gasteiger partial charge >= 0.3 is 5.97 Å². The fourth-order valence-electron chi connectivity index (χ4n) is 2.80. The minimum absolute atomic E-state index is 0.242. The maximum Gasteiger partial charge on any atom is 0.306 e. The highest BCUT2D eigenvalue weighted by molar-refractivity contribution is 5.70. The molecule has 1 aliphatic heterocycles. The van der Waals surface area contributed by atoms with Crippen molar-refractivity contribution in [3.05, 3.63) is 36.3 Å². The summed E-state index contributed by atoms with van der Waals surface area (Å²) >= 11 is 0. The van der Waals surface area contributed by atoms with Gasteiger partial charge in [0.25, 0.3) is 0 Å². The number of aryl methyl sites for hydroxylation is 1. The van der Waals surface area contributed by atoms with Gasteiger partial charge in [-0.25, -0.2) is 9.97 Å². The van der Waals surface area contributed by atoms with E-state index in [1.807, 2.05) is 31.2 Å². The SMILES string of the molecule is CCc1nc(-c2ccccn2)cc(N2CCC(C(=O)O)CC2)n1. The molecule has 0 amide bonds. The number of rotatable bonds is 4. The van der Waals surface area contributed by atoms with Gasteiger partial charge in [-0.3, -0.25) is 9.78 Å². The summed E-state index contributed by atoms with van der Waals surface area (Å²) in [5.41, 5.74) is 1.64. The third-order valence-corrected chi connectivity index (χ3v) is 4.17. The first kappa shape index (κ1) is 15.4. The van der Waals surface area contributed by atoms with E-state index in [1.54, 1.807) is 6.20 Å². The Hall–Kier alpha value is -2.50. The van der Waals surface area contributed by atoms with Crippen molar-refractivity contribution in [1.29, 1.82) is 0 Å². The van der Waals surface area contributed by atoms with Crippen molar-refractivity contribution in [2.75, 3.05) is 18.0 Å². The Kier molecular flexibility index (Phi) is 4.50. The van der Waals surface area contributed by atoms with Crippen molar-refractivity contribution >= 4 is 11.8 Å². The molecular weight excluding hydrogens is 292 g/mol. The molecule has 6 nitrogen and oxygen atoms in total. The zero-order chi connectivity index (χ0) is 16.2. The lowest BCUT2D eigenvalue weighted by Crippen LogP contribution is -2.37. The highest BCUT2D eigenvalue weighted by atomic mass is 16.4. The van der Waals surface area contributed by atoms with Crippen LogP contribution >= 0.6 is 0 Å². The average Bonchev–Trinajstić information content (AvgIpc) is 2.62. The summed E-state index contributed by atoms with van der Waals surface area (Å²) in [7, 11) is 0. The third-order valence-electron chi connectivity index (χ3n) is 4.17. The largest absolute Gasteiger partial charge is 0.481 e. The number of hydrogen-bond donors (Lipinski definition) is 1. The number of pyridine rings is 1. The maximum absolute atomic E-state index is 11.1. The number of anilines is 1. The summed E-state index contributed by atoms with van der Waals surface area (Å²) in [5.74, 6) is 0.703. The van der Waals surface area contributed by atoms with Crippen LogP contribution in [0.15, 0.2) is 30.5 Å². The van der Waals surface area contributed by atoms with Crippen LogP contribution in [0, 0.1) is 5.92 Å². The van der Waals surface area contributed by atoms with Crippen LogP contribution in [0.3, 0.4) is 0 Å². The van der Waals surface area contributed by atoms with E-state index in [1.165, 1.54) is 0 Å². The molecule has 120 valence electrons. The summed E-state index contributed by atoms with van der Waals surface area (Å²) in [4.78, 5) is 26.8. The molecule has 1 aliphatic rings. The molecule has 1 N–H and O–H groups in total. The number of carboxylic acid groups (broad SMARTS) is 1. The predicted molar refractivity (Wildman–Crippen MR) is 87.2 cm³/mol. The van der Waals surface area contributed by atoms with E-state index in [4.69, 9.17) is 5.11 Å². The van der Waals surface area contributed by atoms with Crippen molar-refractivity contribution < 1.29 is 9.90 Å². The molecule has 2 aromatic heterocycles. The van der Waals surface area contributed by atoms with Crippen molar-refractivity contribution in [2.24, 2.45) is 5.92 Å². The molecule has 0 radical (unpaired) electrons. The van der Waals surface area contributed by atoms with E-state index in [0.717, 1.165) is 29.5 Å². The molecule has 0 aliphatic carbocycles. The summed E-state index contributed by atoms with van der Waals surface area (Å²) < 4.78 is 0. The van der Waals surface area contributed by atoms with Gasteiger partial charge in [0, 0.05) is 31.8 Å². The lowest BCUT2D eigenvalue weighted by Gasteiger charge is -2.31. The second-order valence-electron chi connectivity index (χ2n) is 5.70. The maximum atomic E-state index is 11.1. The summed E-state index contributed by atoms with van der Waals surface area (Å²) in [6.07, 6.45) is 3.81. The molecule has 0 saturated carbocycles. The molecule has 1 saturated heterocycles. The van der Waals surface area contributed by atoms with Crippen LogP contribution < -0.4 is 4.90 Å². The number of aromatic nitrogens is 3. The van der Waals surface area contributed by atoms with E-state index >= 15 is 0 Å². The first-order chi connectivity index (χ1) is 11.2. The molecule has 6 heteroatoms. The molecular formula is C17H20N4O2. The minimum atomic E-state index is -0.698. The van der Waals surface area contributed by atoms with E-state index in [9.17, 15) is 4.79 Å².